The maximum absolute atomic E-state index is 12.8. The minimum atomic E-state index is -0.777. The standard InChI is InChI=1S/C11H13FO3S/c1-15-11(14)6-9(13)7-16-10-4-2-3-8(12)5-10/h2-5,9,13H,6-7H2,1H3/t9-/m1/s1. The van der Waals surface area contributed by atoms with Crippen LogP contribution in [0.5, 0.6) is 0 Å². The third-order valence-corrected chi connectivity index (χ3v) is 3.01. The number of halogens is 1. The summed E-state index contributed by atoms with van der Waals surface area (Å²) in [7, 11) is 1.27. The molecule has 0 radical (unpaired) electrons. The van der Waals surface area contributed by atoms with Crippen molar-refractivity contribution in [3.8, 4) is 0 Å². The van der Waals surface area contributed by atoms with Gasteiger partial charge in [0, 0.05) is 10.6 Å². The van der Waals surface area contributed by atoms with Gasteiger partial charge in [-0.3, -0.25) is 4.79 Å². The van der Waals surface area contributed by atoms with Crippen molar-refractivity contribution in [1.29, 1.82) is 0 Å². The van der Waals surface area contributed by atoms with Gasteiger partial charge in [0.05, 0.1) is 19.6 Å². The van der Waals surface area contributed by atoms with Crippen molar-refractivity contribution in [3.05, 3.63) is 30.1 Å². The molecule has 16 heavy (non-hydrogen) atoms. The van der Waals surface area contributed by atoms with E-state index < -0.39 is 12.1 Å². The number of ether oxygens (including phenoxy) is 1. The Labute approximate surface area is 97.6 Å². The van der Waals surface area contributed by atoms with Gasteiger partial charge in [-0.2, -0.15) is 0 Å². The third-order valence-electron chi connectivity index (χ3n) is 1.87. The van der Waals surface area contributed by atoms with E-state index in [4.69, 9.17) is 0 Å². The molecule has 0 saturated heterocycles. The van der Waals surface area contributed by atoms with E-state index in [2.05, 4.69) is 4.74 Å². The second kappa shape index (κ2) is 6.50. The van der Waals surface area contributed by atoms with E-state index in [-0.39, 0.29) is 12.2 Å². The number of carbonyl (C=O) groups is 1. The van der Waals surface area contributed by atoms with E-state index in [1.54, 1.807) is 12.1 Å². The number of aliphatic hydroxyl groups is 1. The molecule has 88 valence electrons. The number of thioether (sulfide) groups is 1. The number of esters is 1. The first-order valence-corrected chi connectivity index (χ1v) is 5.73. The molecule has 1 aromatic rings. The number of carbonyl (C=O) groups excluding carboxylic acids is 1. The van der Waals surface area contributed by atoms with Crippen molar-refractivity contribution < 1.29 is 19.0 Å². The molecule has 0 fully saturated rings. The summed E-state index contributed by atoms with van der Waals surface area (Å²) >= 11 is 1.30. The summed E-state index contributed by atoms with van der Waals surface area (Å²) < 4.78 is 17.2. The van der Waals surface area contributed by atoms with Crippen molar-refractivity contribution in [2.24, 2.45) is 0 Å². The predicted molar refractivity (Wildman–Crippen MR) is 59.8 cm³/mol. The average molecular weight is 244 g/mol. The Morgan fingerprint density at radius 3 is 3.00 bits per heavy atom. The molecule has 0 aliphatic heterocycles. The van der Waals surface area contributed by atoms with Crippen LogP contribution in [-0.2, 0) is 9.53 Å². The number of benzene rings is 1. The zero-order chi connectivity index (χ0) is 12.0. The molecule has 0 bridgehead atoms. The van der Waals surface area contributed by atoms with Crippen LogP contribution in [-0.4, -0.2) is 30.0 Å². The van der Waals surface area contributed by atoms with Crippen LogP contribution in [0.25, 0.3) is 0 Å². The smallest absolute Gasteiger partial charge is 0.308 e. The molecule has 1 aromatic carbocycles. The van der Waals surface area contributed by atoms with Crippen LogP contribution >= 0.6 is 11.8 Å². The van der Waals surface area contributed by atoms with Crippen molar-refractivity contribution in [3.63, 3.8) is 0 Å². The fourth-order valence-electron chi connectivity index (χ4n) is 1.08. The van der Waals surface area contributed by atoms with E-state index >= 15 is 0 Å². The summed E-state index contributed by atoms with van der Waals surface area (Å²) in [4.78, 5) is 11.6. The van der Waals surface area contributed by atoms with E-state index in [0.717, 1.165) is 4.90 Å². The molecular weight excluding hydrogens is 231 g/mol. The number of rotatable bonds is 5. The molecule has 0 unspecified atom stereocenters. The highest BCUT2D eigenvalue weighted by molar-refractivity contribution is 7.99. The van der Waals surface area contributed by atoms with E-state index in [1.807, 2.05) is 0 Å². The van der Waals surface area contributed by atoms with Crippen molar-refractivity contribution in [1.82, 2.24) is 0 Å². The van der Waals surface area contributed by atoms with Gasteiger partial charge in [0.15, 0.2) is 0 Å². The van der Waals surface area contributed by atoms with E-state index in [1.165, 1.54) is 31.0 Å². The van der Waals surface area contributed by atoms with Gasteiger partial charge >= 0.3 is 5.97 Å². The molecule has 5 heteroatoms. The van der Waals surface area contributed by atoms with Crippen molar-refractivity contribution >= 4 is 17.7 Å². The predicted octanol–water partition coefficient (Wildman–Crippen LogP) is 1.84. The maximum Gasteiger partial charge on any atom is 0.308 e. The lowest BCUT2D eigenvalue weighted by atomic mass is 10.3. The highest BCUT2D eigenvalue weighted by Crippen LogP contribution is 2.20. The van der Waals surface area contributed by atoms with Gasteiger partial charge in [-0.1, -0.05) is 6.07 Å². The highest BCUT2D eigenvalue weighted by Gasteiger charge is 2.11. The molecule has 1 atom stereocenters. The normalized spacial score (nSPS) is 12.2. The summed E-state index contributed by atoms with van der Waals surface area (Å²) in [6.07, 6.45) is -0.820. The van der Waals surface area contributed by atoms with E-state index in [9.17, 15) is 14.3 Å². The molecule has 0 amide bonds. The topological polar surface area (TPSA) is 46.5 Å². The Hall–Kier alpha value is -1.07. The molecule has 3 nitrogen and oxygen atoms in total. The zero-order valence-corrected chi connectivity index (χ0v) is 9.67. The van der Waals surface area contributed by atoms with Crippen molar-refractivity contribution in [2.75, 3.05) is 12.9 Å². The first-order valence-electron chi connectivity index (χ1n) is 4.75. The molecule has 0 saturated carbocycles. The Balaban J connectivity index is 2.37. The maximum atomic E-state index is 12.8. The van der Waals surface area contributed by atoms with Crippen LogP contribution in [0, 0.1) is 5.82 Å². The number of methoxy groups -OCH3 is 1. The summed E-state index contributed by atoms with van der Waals surface area (Å²) in [5.74, 6) is -0.432. The monoisotopic (exact) mass is 244 g/mol. The van der Waals surface area contributed by atoms with E-state index in [0.29, 0.717) is 5.75 Å². The molecule has 0 aromatic heterocycles. The number of aliphatic hydroxyl groups excluding tert-OH is 1. The van der Waals surface area contributed by atoms with Crippen LogP contribution in [0.1, 0.15) is 6.42 Å². The summed E-state index contributed by atoms with van der Waals surface area (Å²) in [6.45, 7) is 0. The summed E-state index contributed by atoms with van der Waals surface area (Å²) in [5.41, 5.74) is 0. The van der Waals surface area contributed by atoms with Gasteiger partial charge in [0.1, 0.15) is 5.82 Å². The van der Waals surface area contributed by atoms with Gasteiger partial charge in [-0.25, -0.2) is 4.39 Å². The largest absolute Gasteiger partial charge is 0.469 e. The minimum absolute atomic E-state index is 0.0428. The number of hydrogen-bond acceptors (Lipinski definition) is 4. The fraction of sp³-hybridized carbons (Fsp3) is 0.364. The molecule has 1 rings (SSSR count). The van der Waals surface area contributed by atoms with Gasteiger partial charge in [0.25, 0.3) is 0 Å². The van der Waals surface area contributed by atoms with Gasteiger partial charge in [0.2, 0.25) is 0 Å². The SMILES string of the molecule is COC(=O)C[C@@H](O)CSc1cccc(F)c1. The molecule has 0 spiro atoms. The first kappa shape index (κ1) is 13.0. The lowest BCUT2D eigenvalue weighted by Crippen LogP contribution is -2.16. The molecule has 0 aliphatic carbocycles. The molecule has 0 aliphatic rings. The Morgan fingerprint density at radius 2 is 2.38 bits per heavy atom. The van der Waals surface area contributed by atoms with Crippen LogP contribution in [0.3, 0.4) is 0 Å². The van der Waals surface area contributed by atoms with Crippen LogP contribution in [0.4, 0.5) is 4.39 Å². The fourth-order valence-corrected chi connectivity index (χ4v) is 1.96. The third kappa shape index (κ3) is 4.63. The molecule has 1 N–H and O–H groups in total. The highest BCUT2D eigenvalue weighted by atomic mass is 32.2. The first-order chi connectivity index (χ1) is 7.61. The zero-order valence-electron chi connectivity index (χ0n) is 8.85. The minimum Gasteiger partial charge on any atom is -0.469 e. The molecular formula is C11H13FO3S. The quantitative estimate of drug-likeness (QED) is 0.634. The Morgan fingerprint density at radius 1 is 1.62 bits per heavy atom. The summed E-state index contributed by atoms with van der Waals surface area (Å²) in [5, 5.41) is 9.47. The second-order valence-electron chi connectivity index (χ2n) is 3.20. The van der Waals surface area contributed by atoms with Crippen LogP contribution < -0.4 is 0 Å². The average Bonchev–Trinajstić information content (AvgIpc) is 2.26. The van der Waals surface area contributed by atoms with Crippen molar-refractivity contribution in [2.45, 2.75) is 17.4 Å². The summed E-state index contributed by atoms with van der Waals surface area (Å²) in [6, 6.07) is 6.09. The Kier molecular flexibility index (Phi) is 5.28. The van der Waals surface area contributed by atoms with Gasteiger partial charge in [-0.15, -0.1) is 11.8 Å². The van der Waals surface area contributed by atoms with Gasteiger partial charge < -0.3 is 9.84 Å². The lowest BCUT2D eigenvalue weighted by molar-refractivity contribution is -0.142. The molecule has 0 heterocycles. The Bertz CT molecular complexity index is 357. The second-order valence-corrected chi connectivity index (χ2v) is 4.30. The van der Waals surface area contributed by atoms with Crippen LogP contribution in [0.15, 0.2) is 29.2 Å². The van der Waals surface area contributed by atoms with Crippen LogP contribution in [0.2, 0.25) is 0 Å². The number of hydrogen-bond donors (Lipinski definition) is 1. The lowest BCUT2D eigenvalue weighted by Gasteiger charge is -2.08. The van der Waals surface area contributed by atoms with Gasteiger partial charge in [-0.05, 0) is 18.2 Å².